The lowest BCUT2D eigenvalue weighted by Gasteiger charge is -2.25. The Morgan fingerprint density at radius 2 is 1.89 bits per heavy atom. The van der Waals surface area contributed by atoms with Gasteiger partial charge in [0, 0.05) is 16.6 Å². The fourth-order valence-electron chi connectivity index (χ4n) is 1.24. The molecule has 0 aliphatic carbocycles. The number of urea groups is 1. The van der Waals surface area contributed by atoms with Crippen LogP contribution in [0.2, 0.25) is 0 Å². The van der Waals surface area contributed by atoms with Crippen molar-refractivity contribution in [3.05, 3.63) is 11.1 Å². The average molecular weight is 320 g/mol. The van der Waals surface area contributed by atoms with Crippen LogP contribution in [0.25, 0.3) is 0 Å². The Balaban J connectivity index is 4.29. The standard InChI is InChI=1S/C12H22BrN3O2/c1-6-16(11(18)14-7-9(2)13)8-10(17)15-12(3,4)5/h2,6-8H2,1,3-5H3,(H,14,18)(H,15,17). The Labute approximate surface area is 117 Å². The highest BCUT2D eigenvalue weighted by molar-refractivity contribution is 9.11. The molecule has 0 bridgehead atoms. The van der Waals surface area contributed by atoms with Crippen LogP contribution in [-0.2, 0) is 4.79 Å². The third kappa shape index (κ3) is 8.11. The van der Waals surface area contributed by atoms with Gasteiger partial charge in [-0.05, 0) is 27.7 Å². The van der Waals surface area contributed by atoms with Gasteiger partial charge in [-0.1, -0.05) is 22.5 Å². The zero-order valence-electron chi connectivity index (χ0n) is 11.5. The zero-order valence-corrected chi connectivity index (χ0v) is 13.1. The molecule has 18 heavy (non-hydrogen) atoms. The summed E-state index contributed by atoms with van der Waals surface area (Å²) in [6.07, 6.45) is 0. The van der Waals surface area contributed by atoms with Gasteiger partial charge in [0.1, 0.15) is 6.54 Å². The number of carbonyl (C=O) groups is 2. The van der Waals surface area contributed by atoms with Crippen LogP contribution in [-0.4, -0.2) is 42.0 Å². The minimum Gasteiger partial charge on any atom is -0.350 e. The first-order valence-electron chi connectivity index (χ1n) is 5.82. The van der Waals surface area contributed by atoms with E-state index >= 15 is 0 Å². The smallest absolute Gasteiger partial charge is 0.318 e. The summed E-state index contributed by atoms with van der Waals surface area (Å²) in [5.41, 5.74) is -0.295. The van der Waals surface area contributed by atoms with Crippen molar-refractivity contribution in [2.45, 2.75) is 33.2 Å². The molecule has 0 spiro atoms. The molecule has 2 N–H and O–H groups in total. The first-order chi connectivity index (χ1) is 8.15. The number of amides is 3. The molecule has 0 aliphatic rings. The summed E-state index contributed by atoms with van der Waals surface area (Å²) in [4.78, 5) is 24.9. The lowest BCUT2D eigenvalue weighted by molar-refractivity contribution is -0.123. The van der Waals surface area contributed by atoms with Gasteiger partial charge in [-0.2, -0.15) is 0 Å². The Bertz CT molecular complexity index is 324. The lowest BCUT2D eigenvalue weighted by atomic mass is 10.1. The van der Waals surface area contributed by atoms with Crippen LogP contribution in [0.1, 0.15) is 27.7 Å². The van der Waals surface area contributed by atoms with Gasteiger partial charge < -0.3 is 15.5 Å². The van der Waals surface area contributed by atoms with Gasteiger partial charge in [-0.25, -0.2) is 4.79 Å². The van der Waals surface area contributed by atoms with E-state index in [4.69, 9.17) is 0 Å². The summed E-state index contributed by atoms with van der Waals surface area (Å²) in [7, 11) is 0. The van der Waals surface area contributed by atoms with Gasteiger partial charge in [0.05, 0.1) is 6.54 Å². The Morgan fingerprint density at radius 1 is 1.33 bits per heavy atom. The average Bonchev–Trinajstić information content (AvgIpc) is 2.19. The van der Waals surface area contributed by atoms with E-state index in [1.807, 2.05) is 27.7 Å². The maximum Gasteiger partial charge on any atom is 0.318 e. The molecule has 0 radical (unpaired) electrons. The van der Waals surface area contributed by atoms with E-state index in [1.165, 1.54) is 4.90 Å². The van der Waals surface area contributed by atoms with Crippen LogP contribution in [0.4, 0.5) is 4.79 Å². The highest BCUT2D eigenvalue weighted by atomic mass is 79.9. The second-order valence-electron chi connectivity index (χ2n) is 4.99. The van der Waals surface area contributed by atoms with Crippen LogP contribution in [0.5, 0.6) is 0 Å². The van der Waals surface area contributed by atoms with Gasteiger partial charge in [0.2, 0.25) is 5.91 Å². The molecule has 0 unspecified atom stereocenters. The van der Waals surface area contributed by atoms with E-state index < -0.39 is 0 Å². The molecule has 0 fully saturated rings. The maximum absolute atomic E-state index is 11.8. The number of halogens is 1. The lowest BCUT2D eigenvalue weighted by Crippen LogP contribution is -2.49. The van der Waals surface area contributed by atoms with Gasteiger partial charge in [-0.3, -0.25) is 4.79 Å². The largest absolute Gasteiger partial charge is 0.350 e. The fourth-order valence-corrected chi connectivity index (χ4v) is 1.38. The van der Waals surface area contributed by atoms with Crippen molar-refractivity contribution in [2.75, 3.05) is 19.6 Å². The number of likely N-dealkylation sites (N-methyl/N-ethyl adjacent to an activating group) is 1. The van der Waals surface area contributed by atoms with E-state index in [9.17, 15) is 9.59 Å². The molecule has 0 saturated heterocycles. The first-order valence-corrected chi connectivity index (χ1v) is 6.62. The molecular weight excluding hydrogens is 298 g/mol. The zero-order chi connectivity index (χ0) is 14.3. The number of hydrogen-bond acceptors (Lipinski definition) is 2. The van der Waals surface area contributed by atoms with Crippen LogP contribution >= 0.6 is 15.9 Å². The van der Waals surface area contributed by atoms with Gasteiger partial charge in [-0.15, -0.1) is 0 Å². The van der Waals surface area contributed by atoms with Gasteiger partial charge >= 0.3 is 6.03 Å². The first kappa shape index (κ1) is 17.0. The van der Waals surface area contributed by atoms with Crippen molar-refractivity contribution in [3.8, 4) is 0 Å². The van der Waals surface area contributed by atoms with E-state index in [2.05, 4.69) is 33.1 Å². The van der Waals surface area contributed by atoms with Crippen molar-refractivity contribution in [2.24, 2.45) is 0 Å². The summed E-state index contributed by atoms with van der Waals surface area (Å²) in [5.74, 6) is -0.169. The predicted octanol–water partition coefficient (Wildman–Crippen LogP) is 1.84. The van der Waals surface area contributed by atoms with Crippen molar-refractivity contribution in [1.82, 2.24) is 15.5 Å². The van der Waals surface area contributed by atoms with Crippen molar-refractivity contribution < 1.29 is 9.59 Å². The van der Waals surface area contributed by atoms with Crippen LogP contribution < -0.4 is 10.6 Å². The SMILES string of the molecule is C=C(Br)CNC(=O)N(CC)CC(=O)NC(C)(C)C. The number of rotatable bonds is 5. The molecule has 0 rings (SSSR count). The quantitative estimate of drug-likeness (QED) is 0.812. The highest BCUT2D eigenvalue weighted by Gasteiger charge is 2.18. The Morgan fingerprint density at radius 3 is 2.28 bits per heavy atom. The maximum atomic E-state index is 11.8. The molecule has 0 aromatic carbocycles. The fraction of sp³-hybridized carbons (Fsp3) is 0.667. The van der Waals surface area contributed by atoms with Crippen molar-refractivity contribution in [1.29, 1.82) is 0 Å². The molecule has 0 saturated carbocycles. The Hall–Kier alpha value is -1.04. The molecule has 5 nitrogen and oxygen atoms in total. The molecule has 0 heterocycles. The van der Waals surface area contributed by atoms with Gasteiger partial charge in [0.15, 0.2) is 0 Å². The van der Waals surface area contributed by atoms with E-state index in [0.29, 0.717) is 17.6 Å². The topological polar surface area (TPSA) is 61.4 Å². The molecule has 0 aliphatic heterocycles. The molecule has 6 heteroatoms. The predicted molar refractivity (Wildman–Crippen MR) is 76.6 cm³/mol. The monoisotopic (exact) mass is 319 g/mol. The van der Waals surface area contributed by atoms with Crippen LogP contribution in [0, 0.1) is 0 Å². The van der Waals surface area contributed by atoms with Crippen molar-refractivity contribution >= 4 is 27.9 Å². The summed E-state index contributed by atoms with van der Waals surface area (Å²) >= 11 is 3.16. The normalized spacial score (nSPS) is 10.7. The number of nitrogens with one attached hydrogen (secondary N) is 2. The summed E-state index contributed by atoms with van der Waals surface area (Å²) < 4.78 is 0.686. The number of nitrogens with zero attached hydrogens (tertiary/aromatic N) is 1. The van der Waals surface area contributed by atoms with Crippen LogP contribution in [0.3, 0.4) is 0 Å². The van der Waals surface area contributed by atoms with Crippen LogP contribution in [0.15, 0.2) is 11.1 Å². The summed E-state index contributed by atoms with van der Waals surface area (Å²) in [5, 5.41) is 5.48. The molecule has 3 amide bonds. The Kier molecular flexibility index (Phi) is 6.98. The minimum absolute atomic E-state index is 0.0500. The number of hydrogen-bond donors (Lipinski definition) is 2. The summed E-state index contributed by atoms with van der Waals surface area (Å²) in [6.45, 7) is 12.0. The van der Waals surface area contributed by atoms with E-state index in [0.717, 1.165) is 0 Å². The minimum atomic E-state index is -0.295. The van der Waals surface area contributed by atoms with Gasteiger partial charge in [0.25, 0.3) is 0 Å². The van der Waals surface area contributed by atoms with E-state index in [1.54, 1.807) is 0 Å². The van der Waals surface area contributed by atoms with E-state index in [-0.39, 0.29) is 24.0 Å². The number of carbonyl (C=O) groups excluding carboxylic acids is 2. The van der Waals surface area contributed by atoms with Crippen molar-refractivity contribution in [3.63, 3.8) is 0 Å². The molecule has 0 aromatic rings. The molecule has 104 valence electrons. The third-order valence-electron chi connectivity index (χ3n) is 1.95. The highest BCUT2D eigenvalue weighted by Crippen LogP contribution is 2.00. The molecule has 0 atom stereocenters. The second-order valence-corrected chi connectivity index (χ2v) is 6.11. The second kappa shape index (κ2) is 7.41. The molecule has 0 aromatic heterocycles. The third-order valence-corrected chi connectivity index (χ3v) is 2.23. The molecular formula is C12H22BrN3O2. The summed E-state index contributed by atoms with van der Waals surface area (Å²) in [6, 6.07) is -0.276.